The molecule has 4 nitrogen and oxygen atoms in total. The second-order valence-electron chi connectivity index (χ2n) is 5.19. The first-order chi connectivity index (χ1) is 9.34. The van der Waals surface area contributed by atoms with Gasteiger partial charge in [0.25, 0.3) is 0 Å². The van der Waals surface area contributed by atoms with E-state index in [1.54, 1.807) is 6.20 Å². The number of hydrogen-bond donors (Lipinski definition) is 2. The number of carbonyl (C=O) groups excluding carboxylic acids is 1. The number of nitrogens with one attached hydrogen (secondary N) is 2. The van der Waals surface area contributed by atoms with E-state index in [0.29, 0.717) is 13.0 Å². The molecule has 0 bridgehead atoms. The molecule has 1 aliphatic heterocycles. The fourth-order valence-electron chi connectivity index (χ4n) is 2.49. The van der Waals surface area contributed by atoms with Crippen molar-refractivity contribution < 1.29 is 4.79 Å². The Bertz CT molecular complexity index is 384. The topological polar surface area (TPSA) is 54.0 Å². The monoisotopic (exact) mass is 333 g/mol. The van der Waals surface area contributed by atoms with E-state index in [4.69, 9.17) is 0 Å². The lowest BCUT2D eigenvalue weighted by atomic mass is 9.93. The number of piperidine rings is 1. The van der Waals surface area contributed by atoms with Gasteiger partial charge < -0.3 is 10.6 Å². The lowest BCUT2D eigenvalue weighted by Gasteiger charge is -2.22. The SMILES string of the molecule is Cl.Cl.O=C(CCC1CCNCC1)NCCc1cccnc1. The third kappa shape index (κ3) is 8.24. The second kappa shape index (κ2) is 11.8. The normalized spacial score (nSPS) is 14.7. The number of nitrogens with zero attached hydrogens (tertiary/aromatic N) is 1. The third-order valence-corrected chi connectivity index (χ3v) is 3.70. The van der Waals surface area contributed by atoms with Crippen LogP contribution in [0.4, 0.5) is 0 Å². The van der Waals surface area contributed by atoms with Gasteiger partial charge >= 0.3 is 0 Å². The molecule has 1 fully saturated rings. The molecule has 120 valence electrons. The largest absolute Gasteiger partial charge is 0.356 e. The number of aromatic nitrogens is 1. The van der Waals surface area contributed by atoms with Crippen LogP contribution >= 0.6 is 24.8 Å². The van der Waals surface area contributed by atoms with Gasteiger partial charge in [0.05, 0.1) is 0 Å². The zero-order chi connectivity index (χ0) is 13.3. The molecule has 1 amide bonds. The van der Waals surface area contributed by atoms with Gasteiger partial charge in [0.1, 0.15) is 0 Å². The zero-order valence-corrected chi connectivity index (χ0v) is 13.8. The predicted molar refractivity (Wildman–Crippen MR) is 90.3 cm³/mol. The summed E-state index contributed by atoms with van der Waals surface area (Å²) in [7, 11) is 0. The fraction of sp³-hybridized carbons (Fsp3) is 0.600. The Balaban J connectivity index is 0.00000200. The van der Waals surface area contributed by atoms with Crippen molar-refractivity contribution in [2.45, 2.75) is 32.1 Å². The van der Waals surface area contributed by atoms with Gasteiger partial charge in [-0.1, -0.05) is 6.07 Å². The number of carbonyl (C=O) groups is 1. The molecule has 0 radical (unpaired) electrons. The Hall–Kier alpha value is -0.840. The molecule has 0 saturated carbocycles. The third-order valence-electron chi connectivity index (χ3n) is 3.70. The summed E-state index contributed by atoms with van der Waals surface area (Å²) in [5.41, 5.74) is 1.17. The van der Waals surface area contributed by atoms with Crippen LogP contribution in [0.2, 0.25) is 0 Å². The molecule has 0 aromatic carbocycles. The average molecular weight is 334 g/mol. The lowest BCUT2D eigenvalue weighted by Crippen LogP contribution is -2.30. The van der Waals surface area contributed by atoms with Gasteiger partial charge in [-0.15, -0.1) is 24.8 Å². The van der Waals surface area contributed by atoms with Crippen LogP contribution in [0.5, 0.6) is 0 Å². The molecule has 0 atom stereocenters. The van der Waals surface area contributed by atoms with Crippen molar-refractivity contribution in [3.05, 3.63) is 30.1 Å². The molecule has 1 aliphatic rings. The summed E-state index contributed by atoms with van der Waals surface area (Å²) >= 11 is 0. The van der Waals surface area contributed by atoms with E-state index in [1.807, 2.05) is 18.3 Å². The summed E-state index contributed by atoms with van der Waals surface area (Å²) in [6.45, 7) is 2.91. The lowest BCUT2D eigenvalue weighted by molar-refractivity contribution is -0.121. The molecule has 21 heavy (non-hydrogen) atoms. The predicted octanol–water partition coefficient (Wildman–Crippen LogP) is 2.36. The van der Waals surface area contributed by atoms with Crippen LogP contribution in [0.25, 0.3) is 0 Å². The van der Waals surface area contributed by atoms with Crippen molar-refractivity contribution in [3.63, 3.8) is 0 Å². The van der Waals surface area contributed by atoms with E-state index >= 15 is 0 Å². The minimum absolute atomic E-state index is 0. The van der Waals surface area contributed by atoms with Gasteiger partial charge in [0, 0.05) is 25.4 Å². The number of rotatable bonds is 6. The summed E-state index contributed by atoms with van der Waals surface area (Å²) in [5.74, 6) is 0.910. The van der Waals surface area contributed by atoms with Crippen LogP contribution in [0.15, 0.2) is 24.5 Å². The number of pyridine rings is 1. The Labute approximate surface area is 139 Å². The number of halogens is 2. The molecule has 6 heteroatoms. The van der Waals surface area contributed by atoms with Crippen molar-refractivity contribution in [1.82, 2.24) is 15.6 Å². The van der Waals surface area contributed by atoms with E-state index in [-0.39, 0.29) is 30.7 Å². The Morgan fingerprint density at radius 1 is 1.33 bits per heavy atom. The summed E-state index contributed by atoms with van der Waals surface area (Å²) in [6.07, 6.45) is 8.58. The molecule has 0 spiro atoms. The van der Waals surface area contributed by atoms with E-state index in [9.17, 15) is 4.79 Å². The Morgan fingerprint density at radius 2 is 2.10 bits per heavy atom. The number of amides is 1. The van der Waals surface area contributed by atoms with E-state index < -0.39 is 0 Å². The summed E-state index contributed by atoms with van der Waals surface area (Å²) in [5, 5.41) is 6.34. The maximum atomic E-state index is 11.7. The van der Waals surface area contributed by atoms with E-state index in [2.05, 4.69) is 15.6 Å². The van der Waals surface area contributed by atoms with Crippen LogP contribution in [0, 0.1) is 5.92 Å². The van der Waals surface area contributed by atoms with E-state index in [0.717, 1.165) is 31.8 Å². The molecule has 2 heterocycles. The number of hydrogen-bond acceptors (Lipinski definition) is 3. The summed E-state index contributed by atoms with van der Waals surface area (Å²) in [6, 6.07) is 3.96. The maximum absolute atomic E-state index is 11.7. The highest BCUT2D eigenvalue weighted by molar-refractivity contribution is 5.85. The smallest absolute Gasteiger partial charge is 0.220 e. The zero-order valence-electron chi connectivity index (χ0n) is 12.2. The summed E-state index contributed by atoms with van der Waals surface area (Å²) in [4.78, 5) is 15.8. The van der Waals surface area contributed by atoms with Crippen molar-refractivity contribution >= 4 is 30.7 Å². The first-order valence-corrected chi connectivity index (χ1v) is 7.21. The highest BCUT2D eigenvalue weighted by atomic mass is 35.5. The van der Waals surface area contributed by atoms with Crippen LogP contribution in [0.1, 0.15) is 31.2 Å². The molecular weight excluding hydrogens is 309 g/mol. The van der Waals surface area contributed by atoms with Gasteiger partial charge in [-0.05, 0) is 56.3 Å². The Kier molecular flexibility index (Phi) is 11.3. The van der Waals surface area contributed by atoms with Crippen molar-refractivity contribution in [2.75, 3.05) is 19.6 Å². The molecular formula is C15H25Cl2N3O. The Morgan fingerprint density at radius 3 is 2.76 bits per heavy atom. The quantitative estimate of drug-likeness (QED) is 0.840. The van der Waals surface area contributed by atoms with Crippen molar-refractivity contribution in [2.24, 2.45) is 5.92 Å². The van der Waals surface area contributed by atoms with E-state index in [1.165, 1.54) is 18.4 Å². The van der Waals surface area contributed by atoms with Crippen LogP contribution in [0.3, 0.4) is 0 Å². The molecule has 1 saturated heterocycles. The van der Waals surface area contributed by atoms with Crippen LogP contribution < -0.4 is 10.6 Å². The molecule has 1 aromatic rings. The van der Waals surface area contributed by atoms with Crippen molar-refractivity contribution in [3.8, 4) is 0 Å². The minimum Gasteiger partial charge on any atom is -0.356 e. The van der Waals surface area contributed by atoms with Gasteiger partial charge in [-0.2, -0.15) is 0 Å². The van der Waals surface area contributed by atoms with Crippen LogP contribution in [-0.2, 0) is 11.2 Å². The maximum Gasteiger partial charge on any atom is 0.220 e. The van der Waals surface area contributed by atoms with Gasteiger partial charge in [0.15, 0.2) is 0 Å². The fourth-order valence-corrected chi connectivity index (χ4v) is 2.49. The molecule has 1 aromatic heterocycles. The van der Waals surface area contributed by atoms with Gasteiger partial charge in [0.2, 0.25) is 5.91 Å². The van der Waals surface area contributed by atoms with Gasteiger partial charge in [-0.25, -0.2) is 0 Å². The second-order valence-corrected chi connectivity index (χ2v) is 5.19. The standard InChI is InChI=1S/C15H23N3O.2ClH/c19-15(4-3-13-5-9-16-10-6-13)18-11-7-14-2-1-8-17-12-14;;/h1-2,8,12-13,16H,3-7,9-11H2,(H,18,19);2*1H. The van der Waals surface area contributed by atoms with Crippen molar-refractivity contribution in [1.29, 1.82) is 0 Å². The summed E-state index contributed by atoms with van der Waals surface area (Å²) < 4.78 is 0. The highest BCUT2D eigenvalue weighted by Crippen LogP contribution is 2.17. The first kappa shape index (κ1) is 20.2. The van der Waals surface area contributed by atoms with Gasteiger partial charge in [-0.3, -0.25) is 9.78 Å². The molecule has 0 aliphatic carbocycles. The molecule has 2 rings (SSSR count). The first-order valence-electron chi connectivity index (χ1n) is 7.21. The average Bonchev–Trinajstić information content (AvgIpc) is 2.47. The molecule has 0 unspecified atom stereocenters. The minimum atomic E-state index is 0. The van der Waals surface area contributed by atoms with Crippen LogP contribution in [-0.4, -0.2) is 30.5 Å². The highest BCUT2D eigenvalue weighted by Gasteiger charge is 2.14. The molecule has 2 N–H and O–H groups in total.